The average Bonchev–Trinajstić information content (AvgIpc) is 2.54. The molecule has 1 saturated heterocycles. The third-order valence-electron chi connectivity index (χ3n) is 3.87. The second-order valence-corrected chi connectivity index (χ2v) is 5.31. The molecule has 7 nitrogen and oxygen atoms in total. The number of methoxy groups -OCH3 is 1. The van der Waals surface area contributed by atoms with Crippen LogP contribution in [0.2, 0.25) is 0 Å². The van der Waals surface area contributed by atoms with Gasteiger partial charge in [-0.2, -0.15) is 0 Å². The summed E-state index contributed by atoms with van der Waals surface area (Å²) < 4.78 is 5.28. The maximum atomic E-state index is 10.8. The van der Waals surface area contributed by atoms with Gasteiger partial charge >= 0.3 is 0 Å². The van der Waals surface area contributed by atoms with E-state index in [0.29, 0.717) is 6.61 Å². The van der Waals surface area contributed by atoms with Crippen LogP contribution in [0, 0.1) is 10.1 Å². The van der Waals surface area contributed by atoms with Gasteiger partial charge in [0.15, 0.2) is 0 Å². The largest absolute Gasteiger partial charge is 0.383 e. The summed E-state index contributed by atoms with van der Waals surface area (Å²) in [7, 11) is 1.69. The van der Waals surface area contributed by atoms with Crippen molar-refractivity contribution in [1.82, 2.24) is 10.3 Å². The highest BCUT2D eigenvalue weighted by atomic mass is 16.6. The summed E-state index contributed by atoms with van der Waals surface area (Å²) in [5.74, 6) is 0.880. The summed E-state index contributed by atoms with van der Waals surface area (Å²) >= 11 is 0. The number of aromatic nitrogens is 1. The van der Waals surface area contributed by atoms with Gasteiger partial charge in [-0.25, -0.2) is 4.98 Å². The Bertz CT molecular complexity index is 690. The lowest BCUT2D eigenvalue weighted by molar-refractivity contribution is -0.384. The summed E-state index contributed by atoms with van der Waals surface area (Å²) in [6.07, 6.45) is 0. The third-order valence-corrected chi connectivity index (χ3v) is 3.87. The number of ether oxygens (including phenoxy) is 1. The van der Waals surface area contributed by atoms with Crippen molar-refractivity contribution in [1.29, 1.82) is 0 Å². The summed E-state index contributed by atoms with van der Waals surface area (Å²) in [4.78, 5) is 17.3. The average molecular weight is 302 g/mol. The van der Waals surface area contributed by atoms with E-state index < -0.39 is 4.92 Å². The highest BCUT2D eigenvalue weighted by molar-refractivity contribution is 5.82. The van der Waals surface area contributed by atoms with Crippen LogP contribution in [-0.2, 0) is 4.74 Å². The van der Waals surface area contributed by atoms with Crippen LogP contribution >= 0.6 is 0 Å². The molecule has 1 fully saturated rings. The van der Waals surface area contributed by atoms with E-state index in [4.69, 9.17) is 4.74 Å². The molecule has 0 amide bonds. The van der Waals surface area contributed by atoms with Crippen molar-refractivity contribution in [3.63, 3.8) is 0 Å². The van der Waals surface area contributed by atoms with E-state index in [1.807, 2.05) is 12.1 Å². The lowest BCUT2D eigenvalue weighted by Crippen LogP contribution is -2.53. The van der Waals surface area contributed by atoms with E-state index in [0.717, 1.165) is 36.4 Å². The molecule has 1 aromatic carbocycles. The van der Waals surface area contributed by atoms with Gasteiger partial charge in [0.25, 0.3) is 5.69 Å². The van der Waals surface area contributed by atoms with Crippen molar-refractivity contribution in [2.75, 3.05) is 38.3 Å². The van der Waals surface area contributed by atoms with E-state index in [2.05, 4.69) is 15.2 Å². The quantitative estimate of drug-likeness (QED) is 0.682. The molecule has 1 aromatic heterocycles. The van der Waals surface area contributed by atoms with Crippen LogP contribution in [0.5, 0.6) is 0 Å². The second-order valence-electron chi connectivity index (χ2n) is 5.31. The molecule has 0 aliphatic carbocycles. The fraction of sp³-hybridized carbons (Fsp3) is 0.400. The number of nitro groups is 1. The van der Waals surface area contributed by atoms with Crippen molar-refractivity contribution >= 4 is 22.4 Å². The summed E-state index contributed by atoms with van der Waals surface area (Å²) in [5.41, 5.74) is 0.847. The first kappa shape index (κ1) is 14.7. The van der Waals surface area contributed by atoms with Crippen LogP contribution in [0.3, 0.4) is 0 Å². The van der Waals surface area contributed by atoms with Gasteiger partial charge in [-0.1, -0.05) is 0 Å². The fourth-order valence-electron chi connectivity index (χ4n) is 2.78. The van der Waals surface area contributed by atoms with Crippen LogP contribution in [0.4, 0.5) is 11.5 Å². The number of pyridine rings is 1. The van der Waals surface area contributed by atoms with Gasteiger partial charge < -0.3 is 15.0 Å². The molecule has 0 radical (unpaired) electrons. The number of fused-ring (bicyclic) bond motifs is 1. The lowest BCUT2D eigenvalue weighted by atomic mass is 10.1. The lowest BCUT2D eigenvalue weighted by Gasteiger charge is -2.36. The van der Waals surface area contributed by atoms with Crippen molar-refractivity contribution in [3.05, 3.63) is 40.4 Å². The molecule has 0 spiro atoms. The summed E-state index contributed by atoms with van der Waals surface area (Å²) in [6, 6.07) is 8.78. The number of benzene rings is 1. The first-order valence-electron chi connectivity index (χ1n) is 7.20. The smallest absolute Gasteiger partial charge is 0.270 e. The van der Waals surface area contributed by atoms with E-state index >= 15 is 0 Å². The van der Waals surface area contributed by atoms with E-state index in [-0.39, 0.29) is 11.7 Å². The summed E-state index contributed by atoms with van der Waals surface area (Å²) in [6.45, 7) is 3.25. The number of anilines is 1. The molecule has 7 heteroatoms. The molecule has 0 saturated carbocycles. The molecule has 0 bridgehead atoms. The Morgan fingerprint density at radius 1 is 1.45 bits per heavy atom. The van der Waals surface area contributed by atoms with E-state index in [9.17, 15) is 10.1 Å². The number of nitrogens with one attached hydrogen (secondary N) is 1. The Morgan fingerprint density at radius 2 is 2.32 bits per heavy atom. The van der Waals surface area contributed by atoms with Gasteiger partial charge in [0.05, 0.1) is 23.1 Å². The number of nitrogens with zero attached hydrogens (tertiary/aromatic N) is 3. The molecule has 1 N–H and O–H groups in total. The highest BCUT2D eigenvalue weighted by Gasteiger charge is 2.23. The maximum Gasteiger partial charge on any atom is 0.270 e. The molecule has 2 heterocycles. The molecule has 3 rings (SSSR count). The zero-order chi connectivity index (χ0) is 15.5. The minimum Gasteiger partial charge on any atom is -0.383 e. The number of rotatable bonds is 4. The Kier molecular flexibility index (Phi) is 4.17. The summed E-state index contributed by atoms with van der Waals surface area (Å²) in [5, 5.41) is 15.0. The third kappa shape index (κ3) is 2.86. The standard InChI is InChI=1S/C15H18N4O3/c1-22-10-13-9-16-6-7-18(13)15-5-2-11-8-12(19(20)21)3-4-14(11)17-15/h2-5,8,13,16H,6-7,9-10H2,1H3. The van der Waals surface area contributed by atoms with Crippen LogP contribution in [0.1, 0.15) is 0 Å². The van der Waals surface area contributed by atoms with E-state index in [1.165, 1.54) is 6.07 Å². The van der Waals surface area contributed by atoms with Gasteiger partial charge in [0.1, 0.15) is 5.82 Å². The van der Waals surface area contributed by atoms with Gasteiger partial charge in [-0.05, 0) is 18.2 Å². The van der Waals surface area contributed by atoms with Crippen molar-refractivity contribution in [2.24, 2.45) is 0 Å². The van der Waals surface area contributed by atoms with Gasteiger partial charge in [0.2, 0.25) is 0 Å². The molecule has 116 valence electrons. The highest BCUT2D eigenvalue weighted by Crippen LogP contribution is 2.24. The van der Waals surface area contributed by atoms with Crippen molar-refractivity contribution < 1.29 is 9.66 Å². The van der Waals surface area contributed by atoms with Gasteiger partial charge in [0, 0.05) is 44.3 Å². The minimum atomic E-state index is -0.391. The van der Waals surface area contributed by atoms with Crippen LogP contribution in [-0.4, -0.2) is 49.3 Å². The second kappa shape index (κ2) is 6.25. The Hall–Kier alpha value is -2.25. The van der Waals surface area contributed by atoms with Crippen molar-refractivity contribution in [2.45, 2.75) is 6.04 Å². The molecule has 1 aliphatic rings. The van der Waals surface area contributed by atoms with Crippen LogP contribution < -0.4 is 10.2 Å². The molecular weight excluding hydrogens is 284 g/mol. The SMILES string of the molecule is COCC1CNCCN1c1ccc2cc([N+](=O)[O-])ccc2n1. The molecule has 1 atom stereocenters. The number of non-ortho nitro benzene ring substituents is 1. The van der Waals surface area contributed by atoms with Gasteiger partial charge in [-0.3, -0.25) is 10.1 Å². The topological polar surface area (TPSA) is 80.5 Å². The van der Waals surface area contributed by atoms with E-state index in [1.54, 1.807) is 19.2 Å². The maximum absolute atomic E-state index is 10.8. The van der Waals surface area contributed by atoms with Crippen LogP contribution in [0.15, 0.2) is 30.3 Å². The predicted molar refractivity (Wildman–Crippen MR) is 84.3 cm³/mol. The Morgan fingerprint density at radius 3 is 3.09 bits per heavy atom. The normalized spacial score (nSPS) is 18.6. The number of nitro benzene ring substituents is 1. The molecule has 2 aromatic rings. The first-order chi connectivity index (χ1) is 10.7. The molecule has 22 heavy (non-hydrogen) atoms. The molecule has 1 unspecified atom stereocenters. The number of piperazine rings is 1. The zero-order valence-electron chi connectivity index (χ0n) is 12.4. The fourth-order valence-corrected chi connectivity index (χ4v) is 2.78. The monoisotopic (exact) mass is 302 g/mol. The number of hydrogen-bond acceptors (Lipinski definition) is 6. The molecular formula is C15H18N4O3. The Balaban J connectivity index is 1.93. The molecule has 1 aliphatic heterocycles. The van der Waals surface area contributed by atoms with Crippen molar-refractivity contribution in [3.8, 4) is 0 Å². The Labute approximate surface area is 128 Å². The predicted octanol–water partition coefficient (Wildman–Crippen LogP) is 1.57. The first-order valence-corrected chi connectivity index (χ1v) is 7.20. The van der Waals surface area contributed by atoms with Gasteiger partial charge in [-0.15, -0.1) is 0 Å². The number of hydrogen-bond donors (Lipinski definition) is 1. The zero-order valence-corrected chi connectivity index (χ0v) is 12.4. The van der Waals surface area contributed by atoms with Crippen LogP contribution in [0.25, 0.3) is 10.9 Å². The minimum absolute atomic E-state index is 0.0847.